The molecule has 2 unspecified atom stereocenters. The fraction of sp³-hybridized carbons (Fsp3) is 0.429. The Hall–Kier alpha value is -1.44. The maximum absolute atomic E-state index is 14.4. The van der Waals surface area contributed by atoms with Gasteiger partial charge in [-0.3, -0.25) is 0 Å². The molecular formula is C21H24BrFO4S. The zero-order valence-corrected chi connectivity index (χ0v) is 18.5. The van der Waals surface area contributed by atoms with E-state index in [1.807, 2.05) is 13.8 Å². The van der Waals surface area contributed by atoms with Crippen LogP contribution in [0, 0.1) is 5.82 Å². The van der Waals surface area contributed by atoms with E-state index in [0.717, 1.165) is 0 Å². The lowest BCUT2D eigenvalue weighted by atomic mass is 9.92. The van der Waals surface area contributed by atoms with Crippen molar-refractivity contribution in [3.05, 3.63) is 58.3 Å². The van der Waals surface area contributed by atoms with Gasteiger partial charge in [-0.1, -0.05) is 28.1 Å². The van der Waals surface area contributed by atoms with E-state index in [-0.39, 0.29) is 24.0 Å². The van der Waals surface area contributed by atoms with Crippen molar-refractivity contribution in [2.75, 3.05) is 6.61 Å². The van der Waals surface area contributed by atoms with E-state index in [9.17, 15) is 12.8 Å². The van der Waals surface area contributed by atoms with E-state index in [1.54, 1.807) is 43.3 Å². The molecule has 2 aromatic carbocycles. The van der Waals surface area contributed by atoms with Crippen LogP contribution in [0.1, 0.15) is 45.3 Å². The standard InChI is InChI=1S/C21H24BrFO4S/c1-14(2)27-16-5-4-6-17(12-16)28(24,25)21(3)9-10-26-20(13-21)18-8-7-15(22)11-19(18)23/h4-8,11-12,14,20H,9-10,13H2,1-3H3. The van der Waals surface area contributed by atoms with Gasteiger partial charge in [0.1, 0.15) is 11.6 Å². The Bertz CT molecular complexity index is 961. The first kappa shape index (κ1) is 21.3. The maximum atomic E-state index is 14.4. The van der Waals surface area contributed by atoms with Crippen LogP contribution in [0.15, 0.2) is 51.8 Å². The third-order valence-corrected chi connectivity index (χ3v) is 8.05. The van der Waals surface area contributed by atoms with E-state index in [4.69, 9.17) is 9.47 Å². The highest BCUT2D eigenvalue weighted by molar-refractivity contribution is 9.10. The Morgan fingerprint density at radius 2 is 2.00 bits per heavy atom. The average Bonchev–Trinajstić information content (AvgIpc) is 2.61. The third kappa shape index (κ3) is 4.26. The summed E-state index contributed by atoms with van der Waals surface area (Å²) in [4.78, 5) is 0.213. The van der Waals surface area contributed by atoms with E-state index in [0.29, 0.717) is 22.2 Å². The third-order valence-electron chi connectivity index (χ3n) is 5.01. The first-order valence-corrected chi connectivity index (χ1v) is 11.5. The van der Waals surface area contributed by atoms with Gasteiger partial charge in [0.15, 0.2) is 9.84 Å². The normalized spacial score (nSPS) is 23.0. The molecule has 1 aliphatic rings. The highest BCUT2D eigenvalue weighted by Crippen LogP contribution is 2.43. The summed E-state index contributed by atoms with van der Waals surface area (Å²) in [6, 6.07) is 11.3. The lowest BCUT2D eigenvalue weighted by Gasteiger charge is -2.38. The number of ether oxygens (including phenoxy) is 2. The molecule has 0 saturated carbocycles. The summed E-state index contributed by atoms with van der Waals surface area (Å²) in [6.45, 7) is 5.74. The Morgan fingerprint density at radius 1 is 1.25 bits per heavy atom. The molecule has 0 radical (unpaired) electrons. The van der Waals surface area contributed by atoms with Crippen LogP contribution in [0.4, 0.5) is 4.39 Å². The molecule has 0 bridgehead atoms. The minimum Gasteiger partial charge on any atom is -0.491 e. The molecule has 7 heteroatoms. The summed E-state index contributed by atoms with van der Waals surface area (Å²) in [5.41, 5.74) is 0.376. The molecule has 1 saturated heterocycles. The molecule has 1 heterocycles. The van der Waals surface area contributed by atoms with Crippen LogP contribution in [0.5, 0.6) is 5.75 Å². The van der Waals surface area contributed by atoms with Gasteiger partial charge in [-0.05, 0) is 63.9 Å². The molecule has 0 spiro atoms. The SMILES string of the molecule is CC(C)Oc1cccc(S(=O)(=O)C2(C)CCOC(c3ccc(Br)cc3F)C2)c1. The van der Waals surface area contributed by atoms with Crippen LogP contribution in [0.3, 0.4) is 0 Å². The second-order valence-corrected chi connectivity index (χ2v) is 11.0. The van der Waals surface area contributed by atoms with Gasteiger partial charge in [0.05, 0.1) is 21.9 Å². The van der Waals surface area contributed by atoms with Crippen molar-refractivity contribution >= 4 is 25.8 Å². The van der Waals surface area contributed by atoms with Crippen molar-refractivity contribution < 1.29 is 22.3 Å². The van der Waals surface area contributed by atoms with Gasteiger partial charge in [0, 0.05) is 16.6 Å². The number of hydrogen-bond donors (Lipinski definition) is 0. The zero-order valence-electron chi connectivity index (χ0n) is 16.1. The molecule has 1 fully saturated rings. The van der Waals surface area contributed by atoms with Gasteiger partial charge in [-0.15, -0.1) is 0 Å². The average molecular weight is 471 g/mol. The summed E-state index contributed by atoms with van der Waals surface area (Å²) in [7, 11) is -3.67. The van der Waals surface area contributed by atoms with Gasteiger partial charge in [-0.25, -0.2) is 12.8 Å². The second kappa shape index (κ2) is 8.13. The van der Waals surface area contributed by atoms with E-state index in [1.165, 1.54) is 6.07 Å². The van der Waals surface area contributed by atoms with E-state index < -0.39 is 26.5 Å². The van der Waals surface area contributed by atoms with Crippen molar-refractivity contribution in [1.82, 2.24) is 0 Å². The molecule has 152 valence electrons. The first-order chi connectivity index (χ1) is 13.1. The largest absolute Gasteiger partial charge is 0.491 e. The summed E-state index contributed by atoms with van der Waals surface area (Å²) in [5.74, 6) is 0.107. The number of halogens is 2. The highest BCUT2D eigenvalue weighted by atomic mass is 79.9. The van der Waals surface area contributed by atoms with Crippen LogP contribution in [0.2, 0.25) is 0 Å². The van der Waals surface area contributed by atoms with E-state index >= 15 is 0 Å². The molecule has 0 N–H and O–H groups in total. The Balaban J connectivity index is 1.92. The van der Waals surface area contributed by atoms with Crippen LogP contribution >= 0.6 is 15.9 Å². The topological polar surface area (TPSA) is 52.6 Å². The Kier molecular flexibility index (Phi) is 6.17. The van der Waals surface area contributed by atoms with Crippen LogP contribution in [-0.2, 0) is 14.6 Å². The molecule has 2 aromatic rings. The molecule has 4 nitrogen and oxygen atoms in total. The number of sulfone groups is 1. The van der Waals surface area contributed by atoms with Crippen LogP contribution < -0.4 is 4.74 Å². The van der Waals surface area contributed by atoms with Gasteiger partial charge in [0.25, 0.3) is 0 Å². The highest BCUT2D eigenvalue weighted by Gasteiger charge is 2.45. The predicted molar refractivity (Wildman–Crippen MR) is 110 cm³/mol. The summed E-state index contributed by atoms with van der Waals surface area (Å²) in [5, 5.41) is 0. The molecule has 3 rings (SSSR count). The quantitative estimate of drug-likeness (QED) is 0.581. The van der Waals surface area contributed by atoms with E-state index in [2.05, 4.69) is 15.9 Å². The zero-order chi connectivity index (χ0) is 20.5. The molecule has 1 aliphatic heterocycles. The van der Waals surface area contributed by atoms with Gasteiger partial charge in [-0.2, -0.15) is 0 Å². The maximum Gasteiger partial charge on any atom is 0.184 e. The Labute approximate surface area is 174 Å². The lowest BCUT2D eigenvalue weighted by Crippen LogP contribution is -2.42. The molecule has 28 heavy (non-hydrogen) atoms. The van der Waals surface area contributed by atoms with Gasteiger partial charge >= 0.3 is 0 Å². The van der Waals surface area contributed by atoms with Crippen molar-refractivity contribution in [1.29, 1.82) is 0 Å². The minimum atomic E-state index is -3.67. The van der Waals surface area contributed by atoms with Crippen LogP contribution in [0.25, 0.3) is 0 Å². The summed E-state index contributed by atoms with van der Waals surface area (Å²) >= 11 is 3.24. The van der Waals surface area contributed by atoms with Gasteiger partial charge in [0.2, 0.25) is 0 Å². The first-order valence-electron chi connectivity index (χ1n) is 9.20. The van der Waals surface area contributed by atoms with Crippen molar-refractivity contribution in [3.8, 4) is 5.75 Å². The molecule has 0 aliphatic carbocycles. The molecule has 0 amide bonds. The lowest BCUT2D eigenvalue weighted by molar-refractivity contribution is -0.00165. The number of hydrogen-bond acceptors (Lipinski definition) is 4. The summed E-state index contributed by atoms with van der Waals surface area (Å²) in [6.07, 6.45) is -0.138. The van der Waals surface area contributed by atoms with Gasteiger partial charge < -0.3 is 9.47 Å². The second-order valence-electron chi connectivity index (χ2n) is 7.57. The van der Waals surface area contributed by atoms with Crippen molar-refractivity contribution in [3.63, 3.8) is 0 Å². The Morgan fingerprint density at radius 3 is 2.68 bits per heavy atom. The smallest absolute Gasteiger partial charge is 0.184 e. The monoisotopic (exact) mass is 470 g/mol. The fourth-order valence-corrected chi connectivity index (χ4v) is 5.60. The number of benzene rings is 2. The van der Waals surface area contributed by atoms with Crippen LogP contribution in [-0.4, -0.2) is 25.9 Å². The summed E-state index contributed by atoms with van der Waals surface area (Å²) < 4.78 is 52.3. The minimum absolute atomic E-state index is 0.0543. The number of rotatable bonds is 5. The van der Waals surface area contributed by atoms with Crippen molar-refractivity contribution in [2.24, 2.45) is 0 Å². The molecule has 0 aromatic heterocycles. The predicted octanol–water partition coefficient (Wildman–Crippen LogP) is 5.46. The van der Waals surface area contributed by atoms with Crippen molar-refractivity contribution in [2.45, 2.75) is 55.5 Å². The molecule has 2 atom stereocenters. The molecular weight excluding hydrogens is 447 g/mol. The fourth-order valence-electron chi connectivity index (χ4n) is 3.45.